The van der Waals surface area contributed by atoms with Crippen LogP contribution in [0.5, 0.6) is 0 Å². The second-order valence-corrected chi connectivity index (χ2v) is 8.09. The van der Waals surface area contributed by atoms with E-state index in [-0.39, 0.29) is 11.6 Å². The van der Waals surface area contributed by atoms with Gasteiger partial charge in [-0.25, -0.2) is 0 Å². The summed E-state index contributed by atoms with van der Waals surface area (Å²) in [4.78, 5) is 24.5. The van der Waals surface area contributed by atoms with E-state index >= 15 is 0 Å². The first-order valence-electron chi connectivity index (χ1n) is 11.1. The number of unbranched alkanes of at least 4 members (excludes halogenated alkanes) is 1. The Balaban J connectivity index is 1.50. The molecule has 8 nitrogen and oxygen atoms in total. The number of hydrogen-bond acceptors (Lipinski definition) is 5. The summed E-state index contributed by atoms with van der Waals surface area (Å²) in [6.07, 6.45) is 6.27. The van der Waals surface area contributed by atoms with Crippen LogP contribution in [-0.2, 0) is 11.2 Å². The van der Waals surface area contributed by atoms with Gasteiger partial charge in [0.25, 0.3) is 5.69 Å². The number of benzene rings is 3. The Labute approximate surface area is 197 Å². The number of non-ortho nitro benzene ring substituents is 1. The highest BCUT2D eigenvalue weighted by Crippen LogP contribution is 2.23. The molecule has 4 aromatic rings. The van der Waals surface area contributed by atoms with Gasteiger partial charge in [-0.15, -0.1) is 10.2 Å². The maximum Gasteiger partial charge on any atom is 0.270 e. The number of anilines is 1. The lowest BCUT2D eigenvalue weighted by Crippen LogP contribution is -2.08. The Morgan fingerprint density at radius 3 is 2.53 bits per heavy atom. The quantitative estimate of drug-likeness (QED) is 0.211. The van der Waals surface area contributed by atoms with Crippen molar-refractivity contribution in [3.8, 4) is 5.69 Å². The molecule has 4 rings (SSSR count). The second-order valence-electron chi connectivity index (χ2n) is 8.09. The summed E-state index contributed by atoms with van der Waals surface area (Å²) in [5.41, 5.74) is 5.59. The number of fused-ring (bicyclic) bond motifs is 1. The Morgan fingerprint density at radius 1 is 1.09 bits per heavy atom. The Hall–Kier alpha value is -4.33. The van der Waals surface area contributed by atoms with Gasteiger partial charge in [-0.05, 0) is 66.8 Å². The van der Waals surface area contributed by atoms with Crippen LogP contribution in [0.2, 0.25) is 0 Å². The largest absolute Gasteiger partial charge is 0.322 e. The molecule has 0 aliphatic rings. The number of carbonyl (C=O) groups is 1. The van der Waals surface area contributed by atoms with E-state index in [2.05, 4.69) is 34.6 Å². The van der Waals surface area contributed by atoms with Crippen molar-refractivity contribution in [3.63, 3.8) is 0 Å². The molecule has 0 radical (unpaired) electrons. The van der Waals surface area contributed by atoms with Gasteiger partial charge >= 0.3 is 0 Å². The average Bonchev–Trinajstić information content (AvgIpc) is 3.24. The summed E-state index contributed by atoms with van der Waals surface area (Å²) in [5.74, 6) is -0.344. The molecule has 0 spiro atoms. The van der Waals surface area contributed by atoms with Crippen LogP contribution in [0.15, 0.2) is 66.7 Å². The molecule has 0 bridgehead atoms. The van der Waals surface area contributed by atoms with Crippen molar-refractivity contribution in [2.75, 3.05) is 5.32 Å². The van der Waals surface area contributed by atoms with Crippen LogP contribution >= 0.6 is 0 Å². The summed E-state index contributed by atoms with van der Waals surface area (Å²) < 4.78 is 0. The minimum atomic E-state index is -0.468. The van der Waals surface area contributed by atoms with Crippen LogP contribution < -0.4 is 5.32 Å². The molecule has 172 valence electrons. The molecule has 0 fully saturated rings. The summed E-state index contributed by atoms with van der Waals surface area (Å²) >= 11 is 0. The van der Waals surface area contributed by atoms with E-state index in [1.54, 1.807) is 23.0 Å². The Morgan fingerprint density at radius 2 is 1.82 bits per heavy atom. The monoisotopic (exact) mass is 455 g/mol. The molecule has 0 saturated heterocycles. The van der Waals surface area contributed by atoms with Gasteiger partial charge < -0.3 is 5.32 Å². The lowest BCUT2D eigenvalue weighted by molar-refractivity contribution is -0.384. The third-order valence-electron chi connectivity index (χ3n) is 5.48. The van der Waals surface area contributed by atoms with Crippen molar-refractivity contribution in [3.05, 3.63) is 93.5 Å². The molecular weight excluding hydrogens is 430 g/mol. The smallest absolute Gasteiger partial charge is 0.270 e. The number of amides is 1. The summed E-state index contributed by atoms with van der Waals surface area (Å²) in [6.45, 7) is 4.07. The zero-order valence-electron chi connectivity index (χ0n) is 19.1. The van der Waals surface area contributed by atoms with E-state index < -0.39 is 4.92 Å². The third-order valence-corrected chi connectivity index (χ3v) is 5.48. The van der Waals surface area contributed by atoms with Crippen LogP contribution in [0, 0.1) is 17.0 Å². The maximum absolute atomic E-state index is 12.5. The van der Waals surface area contributed by atoms with Crippen LogP contribution in [0.1, 0.15) is 36.5 Å². The number of nitro benzene ring substituents is 1. The van der Waals surface area contributed by atoms with Gasteiger partial charge in [-0.3, -0.25) is 14.9 Å². The third kappa shape index (κ3) is 5.35. The topological polar surface area (TPSA) is 103 Å². The average molecular weight is 456 g/mol. The molecule has 0 atom stereocenters. The van der Waals surface area contributed by atoms with Gasteiger partial charge in [0.05, 0.1) is 10.6 Å². The van der Waals surface area contributed by atoms with E-state index in [1.165, 1.54) is 29.8 Å². The summed E-state index contributed by atoms with van der Waals surface area (Å²) in [6, 6.07) is 18.0. The molecule has 0 aliphatic heterocycles. The van der Waals surface area contributed by atoms with Gasteiger partial charge in [0.1, 0.15) is 11.0 Å². The molecule has 0 saturated carbocycles. The lowest BCUT2D eigenvalue weighted by atomic mass is 10.1. The van der Waals surface area contributed by atoms with E-state index in [9.17, 15) is 14.9 Å². The molecule has 0 aliphatic carbocycles. The molecule has 1 amide bonds. The first-order valence-corrected chi connectivity index (χ1v) is 11.1. The molecule has 34 heavy (non-hydrogen) atoms. The van der Waals surface area contributed by atoms with E-state index in [0.717, 1.165) is 36.0 Å². The minimum Gasteiger partial charge on any atom is -0.322 e. The molecule has 8 heteroatoms. The highest BCUT2D eigenvalue weighted by molar-refractivity contribution is 6.03. The molecular formula is C26H25N5O3. The van der Waals surface area contributed by atoms with Gasteiger partial charge in [-0.1, -0.05) is 37.6 Å². The normalized spacial score (nSPS) is 11.2. The number of aryl methyl sites for hydroxylation is 2. The Bertz CT molecular complexity index is 1370. The standard InChI is InChI=1S/C26H25N5O3/c1-3-4-6-19-9-12-21(13-10-19)30-28-24-15-18(2)23(17-25(24)29-30)27-26(32)14-11-20-7-5-8-22(16-20)31(33)34/h5,7-17H,3-4,6H2,1-2H3,(H,27,32)/b14-11+. The SMILES string of the molecule is CCCCc1ccc(-n2nc3cc(C)c(NC(=O)/C=C/c4cccc([N+](=O)[O-])c4)cc3n2)cc1. The van der Waals surface area contributed by atoms with Crippen molar-refractivity contribution in [2.24, 2.45) is 0 Å². The number of aromatic nitrogens is 3. The van der Waals surface area contributed by atoms with E-state index in [4.69, 9.17) is 0 Å². The highest BCUT2D eigenvalue weighted by atomic mass is 16.6. The first-order chi connectivity index (χ1) is 16.4. The fourth-order valence-corrected chi connectivity index (χ4v) is 3.58. The minimum absolute atomic E-state index is 0.0254. The second kappa shape index (κ2) is 10.1. The number of nitrogens with zero attached hydrogens (tertiary/aromatic N) is 4. The molecule has 1 heterocycles. The predicted octanol–water partition coefficient (Wildman–Crippen LogP) is 5.63. The van der Waals surface area contributed by atoms with E-state index in [0.29, 0.717) is 16.8 Å². The van der Waals surface area contributed by atoms with Crippen molar-refractivity contribution in [1.82, 2.24) is 15.0 Å². The maximum atomic E-state index is 12.5. The molecule has 3 aromatic carbocycles. The number of rotatable bonds is 8. The highest BCUT2D eigenvalue weighted by Gasteiger charge is 2.10. The number of carbonyl (C=O) groups excluding carboxylic acids is 1. The fourth-order valence-electron chi connectivity index (χ4n) is 3.58. The number of nitro groups is 1. The molecule has 1 aromatic heterocycles. The zero-order chi connectivity index (χ0) is 24.1. The summed E-state index contributed by atoms with van der Waals surface area (Å²) in [7, 11) is 0. The number of hydrogen-bond donors (Lipinski definition) is 1. The number of nitrogens with one attached hydrogen (secondary N) is 1. The van der Waals surface area contributed by atoms with E-state index in [1.807, 2.05) is 25.1 Å². The van der Waals surface area contributed by atoms with Gasteiger partial charge in [0.15, 0.2) is 0 Å². The first kappa shape index (κ1) is 22.8. The Kier molecular flexibility index (Phi) is 6.77. The van der Waals surface area contributed by atoms with Crippen molar-refractivity contribution in [1.29, 1.82) is 0 Å². The molecule has 1 N–H and O–H groups in total. The van der Waals surface area contributed by atoms with Crippen molar-refractivity contribution < 1.29 is 9.72 Å². The van der Waals surface area contributed by atoms with Gasteiger partial charge in [0.2, 0.25) is 5.91 Å². The lowest BCUT2D eigenvalue weighted by Gasteiger charge is -2.05. The molecule has 0 unspecified atom stereocenters. The van der Waals surface area contributed by atoms with Crippen LogP contribution in [0.4, 0.5) is 11.4 Å². The summed E-state index contributed by atoms with van der Waals surface area (Å²) in [5, 5.41) is 22.9. The van der Waals surface area contributed by atoms with Crippen molar-refractivity contribution in [2.45, 2.75) is 33.1 Å². The van der Waals surface area contributed by atoms with Gasteiger partial charge in [0, 0.05) is 23.9 Å². The van der Waals surface area contributed by atoms with Crippen LogP contribution in [0.3, 0.4) is 0 Å². The van der Waals surface area contributed by atoms with Gasteiger partial charge in [-0.2, -0.15) is 4.80 Å². The fraction of sp³-hybridized carbons (Fsp3) is 0.192. The van der Waals surface area contributed by atoms with Crippen LogP contribution in [0.25, 0.3) is 22.8 Å². The van der Waals surface area contributed by atoms with Crippen LogP contribution in [-0.4, -0.2) is 25.8 Å². The van der Waals surface area contributed by atoms with Crippen molar-refractivity contribution >= 4 is 34.4 Å². The zero-order valence-corrected chi connectivity index (χ0v) is 19.1. The predicted molar refractivity (Wildman–Crippen MR) is 133 cm³/mol.